The molecule has 2 fully saturated rings. The number of hydrogen-bond donors (Lipinski definition) is 2. The van der Waals surface area contributed by atoms with Crippen molar-refractivity contribution in [1.29, 1.82) is 0 Å². The van der Waals surface area contributed by atoms with E-state index in [1.807, 2.05) is 0 Å². The third kappa shape index (κ3) is 4.81. The summed E-state index contributed by atoms with van der Waals surface area (Å²) in [6.45, 7) is 3.08. The first-order valence-corrected chi connectivity index (χ1v) is 8.70. The van der Waals surface area contributed by atoms with Crippen LogP contribution in [0.4, 0.5) is 0 Å². The van der Waals surface area contributed by atoms with Gasteiger partial charge in [0.25, 0.3) is 0 Å². The van der Waals surface area contributed by atoms with Gasteiger partial charge in [-0.25, -0.2) is 0 Å². The maximum atomic E-state index is 12.9. The first-order chi connectivity index (χ1) is 10.5. The van der Waals surface area contributed by atoms with Gasteiger partial charge in [0.2, 0.25) is 5.91 Å². The van der Waals surface area contributed by atoms with Gasteiger partial charge in [0.1, 0.15) is 0 Å². The average molecular weight is 348 g/mol. The van der Waals surface area contributed by atoms with Crippen molar-refractivity contribution in [3.63, 3.8) is 0 Å². The molecule has 0 unspecified atom stereocenters. The van der Waals surface area contributed by atoms with E-state index in [0.717, 1.165) is 32.5 Å². The van der Waals surface area contributed by atoms with Gasteiger partial charge in [-0.2, -0.15) is 0 Å². The molecule has 0 atom stereocenters. The minimum Gasteiger partial charge on any atom is -0.384 e. The quantitative estimate of drug-likeness (QED) is 0.769. The Balaban J connectivity index is 0.00000264. The van der Waals surface area contributed by atoms with Crippen molar-refractivity contribution in [3.8, 4) is 0 Å². The molecule has 0 spiro atoms. The topological polar surface area (TPSA) is 53.6 Å². The fourth-order valence-corrected chi connectivity index (χ4v) is 4.04. The van der Waals surface area contributed by atoms with Gasteiger partial charge in [-0.05, 0) is 52.9 Å². The molecule has 0 aromatic heterocycles. The van der Waals surface area contributed by atoms with E-state index in [4.69, 9.17) is 4.74 Å². The molecule has 0 aromatic rings. The van der Waals surface area contributed by atoms with Crippen LogP contribution >= 0.6 is 12.4 Å². The fourth-order valence-electron chi connectivity index (χ4n) is 4.04. The summed E-state index contributed by atoms with van der Waals surface area (Å²) < 4.78 is 5.37. The van der Waals surface area contributed by atoms with Gasteiger partial charge in [-0.3, -0.25) is 4.79 Å². The lowest BCUT2D eigenvalue weighted by Crippen LogP contribution is -2.57. The normalized spacial score (nSPS) is 23.1. The number of likely N-dealkylation sites (N-methyl/N-ethyl adjacent to an activating group) is 1. The van der Waals surface area contributed by atoms with Crippen LogP contribution in [0.2, 0.25) is 0 Å². The number of carbonyl (C=O) groups excluding carboxylic acids is 1. The molecule has 23 heavy (non-hydrogen) atoms. The second kappa shape index (κ2) is 9.21. The molecule has 1 amide bonds. The van der Waals surface area contributed by atoms with Gasteiger partial charge < -0.3 is 20.3 Å². The molecule has 1 aliphatic heterocycles. The SMILES string of the molecule is COCC1(C(=O)NCC2(N(C)C)CCCCC2)CCNCC1.Cl. The highest BCUT2D eigenvalue weighted by molar-refractivity contribution is 5.85. The molecule has 136 valence electrons. The van der Waals surface area contributed by atoms with Crippen LogP contribution in [0.25, 0.3) is 0 Å². The maximum Gasteiger partial charge on any atom is 0.228 e. The van der Waals surface area contributed by atoms with E-state index < -0.39 is 0 Å². The third-order valence-corrected chi connectivity index (χ3v) is 5.77. The van der Waals surface area contributed by atoms with E-state index in [1.165, 1.54) is 32.1 Å². The predicted molar refractivity (Wildman–Crippen MR) is 96.2 cm³/mol. The second-order valence-electron chi connectivity index (χ2n) is 7.33. The molecule has 6 heteroatoms. The number of nitrogens with one attached hydrogen (secondary N) is 2. The Morgan fingerprint density at radius 2 is 1.74 bits per heavy atom. The Bertz CT molecular complexity index is 359. The van der Waals surface area contributed by atoms with Gasteiger partial charge in [-0.1, -0.05) is 19.3 Å². The Morgan fingerprint density at radius 3 is 2.26 bits per heavy atom. The molecule has 1 saturated carbocycles. The number of halogens is 1. The Hall–Kier alpha value is -0.360. The zero-order valence-electron chi connectivity index (χ0n) is 15.0. The molecule has 1 aliphatic carbocycles. The van der Waals surface area contributed by atoms with Crippen LogP contribution in [0.5, 0.6) is 0 Å². The van der Waals surface area contributed by atoms with E-state index in [9.17, 15) is 4.79 Å². The van der Waals surface area contributed by atoms with E-state index >= 15 is 0 Å². The number of piperidine rings is 1. The number of carbonyl (C=O) groups is 1. The fraction of sp³-hybridized carbons (Fsp3) is 0.941. The molecule has 2 rings (SSSR count). The van der Waals surface area contributed by atoms with Gasteiger partial charge in [0.05, 0.1) is 12.0 Å². The zero-order valence-corrected chi connectivity index (χ0v) is 15.8. The lowest BCUT2D eigenvalue weighted by molar-refractivity contribution is -0.137. The van der Waals surface area contributed by atoms with Crippen molar-refractivity contribution < 1.29 is 9.53 Å². The molecule has 1 saturated heterocycles. The summed E-state index contributed by atoms with van der Waals surface area (Å²) in [5, 5.41) is 6.62. The number of rotatable bonds is 6. The molecule has 2 aliphatic rings. The van der Waals surface area contributed by atoms with Crippen molar-refractivity contribution in [1.82, 2.24) is 15.5 Å². The van der Waals surface area contributed by atoms with Crippen molar-refractivity contribution in [2.24, 2.45) is 5.41 Å². The molecular weight excluding hydrogens is 314 g/mol. The van der Waals surface area contributed by atoms with Gasteiger partial charge in [-0.15, -0.1) is 12.4 Å². The highest BCUT2D eigenvalue weighted by Gasteiger charge is 2.41. The summed E-state index contributed by atoms with van der Waals surface area (Å²) in [5.41, 5.74) is -0.211. The van der Waals surface area contributed by atoms with Gasteiger partial charge in [0.15, 0.2) is 0 Å². The Kier molecular flexibility index (Phi) is 8.28. The predicted octanol–water partition coefficient (Wildman–Crippen LogP) is 1.81. The molecule has 0 radical (unpaired) electrons. The van der Waals surface area contributed by atoms with E-state index in [0.29, 0.717) is 6.61 Å². The standard InChI is InChI=1S/C17H33N3O2.ClH/c1-20(2)17(7-5-4-6-8-17)13-19-15(21)16(14-22-3)9-11-18-12-10-16;/h18H,4-14H2,1-3H3,(H,19,21);1H. The van der Waals surface area contributed by atoms with Crippen LogP contribution in [0.15, 0.2) is 0 Å². The molecule has 2 N–H and O–H groups in total. The van der Waals surface area contributed by atoms with E-state index in [-0.39, 0.29) is 29.3 Å². The minimum absolute atomic E-state index is 0. The summed E-state index contributed by atoms with van der Waals surface area (Å²) in [6.07, 6.45) is 7.94. The number of hydrogen-bond acceptors (Lipinski definition) is 4. The molecule has 0 bridgehead atoms. The van der Waals surface area contributed by atoms with E-state index in [2.05, 4.69) is 29.6 Å². The average Bonchev–Trinajstić information content (AvgIpc) is 2.54. The second-order valence-corrected chi connectivity index (χ2v) is 7.33. The molecule has 0 aromatic carbocycles. The first-order valence-electron chi connectivity index (χ1n) is 8.70. The lowest BCUT2D eigenvalue weighted by atomic mass is 9.77. The monoisotopic (exact) mass is 347 g/mol. The number of nitrogens with zero attached hydrogens (tertiary/aromatic N) is 1. The number of amides is 1. The van der Waals surface area contributed by atoms with E-state index in [1.54, 1.807) is 7.11 Å². The van der Waals surface area contributed by atoms with Crippen LogP contribution in [-0.4, -0.2) is 63.8 Å². The Labute approximate surface area is 147 Å². The Morgan fingerprint density at radius 1 is 1.13 bits per heavy atom. The van der Waals surface area contributed by atoms with Gasteiger partial charge >= 0.3 is 0 Å². The largest absolute Gasteiger partial charge is 0.384 e. The first kappa shape index (κ1) is 20.7. The van der Waals surface area contributed by atoms with Crippen LogP contribution in [0.3, 0.4) is 0 Å². The van der Waals surface area contributed by atoms with Crippen molar-refractivity contribution in [2.45, 2.75) is 50.5 Å². The minimum atomic E-state index is -0.345. The van der Waals surface area contributed by atoms with Crippen molar-refractivity contribution in [3.05, 3.63) is 0 Å². The molecule has 5 nitrogen and oxygen atoms in total. The summed E-state index contributed by atoms with van der Waals surface area (Å²) >= 11 is 0. The number of methoxy groups -OCH3 is 1. The lowest BCUT2D eigenvalue weighted by Gasteiger charge is -2.44. The van der Waals surface area contributed by atoms with Crippen LogP contribution < -0.4 is 10.6 Å². The van der Waals surface area contributed by atoms with Crippen molar-refractivity contribution >= 4 is 18.3 Å². The van der Waals surface area contributed by atoms with Crippen LogP contribution in [-0.2, 0) is 9.53 Å². The summed E-state index contributed by atoms with van der Waals surface area (Å²) in [7, 11) is 5.99. The highest BCUT2D eigenvalue weighted by Crippen LogP contribution is 2.33. The molecular formula is C17H34ClN3O2. The highest BCUT2D eigenvalue weighted by atomic mass is 35.5. The van der Waals surface area contributed by atoms with Crippen LogP contribution in [0.1, 0.15) is 44.9 Å². The number of ether oxygens (including phenoxy) is 1. The summed E-state index contributed by atoms with van der Waals surface area (Å²) in [5.74, 6) is 0.183. The smallest absolute Gasteiger partial charge is 0.228 e. The van der Waals surface area contributed by atoms with Crippen molar-refractivity contribution in [2.75, 3.05) is 47.4 Å². The molecule has 1 heterocycles. The summed E-state index contributed by atoms with van der Waals surface area (Å²) in [4.78, 5) is 15.2. The third-order valence-electron chi connectivity index (χ3n) is 5.77. The van der Waals surface area contributed by atoms with Crippen LogP contribution in [0, 0.1) is 5.41 Å². The van der Waals surface area contributed by atoms with Gasteiger partial charge in [0, 0.05) is 19.2 Å². The zero-order chi connectivity index (χ0) is 16.1. The maximum absolute atomic E-state index is 12.9. The summed E-state index contributed by atoms with van der Waals surface area (Å²) in [6, 6.07) is 0.